The van der Waals surface area contributed by atoms with Gasteiger partial charge in [0.05, 0.1) is 0 Å². The Kier molecular flexibility index (Phi) is 7.65. The van der Waals surface area contributed by atoms with E-state index in [0.29, 0.717) is 0 Å². The predicted molar refractivity (Wildman–Crippen MR) is 159 cm³/mol. The molecular formula is C36H40. The molecule has 2 aliphatic carbocycles. The minimum atomic E-state index is 0.253. The summed E-state index contributed by atoms with van der Waals surface area (Å²) in [6.45, 7) is 26.1. The fraction of sp³-hybridized carbons (Fsp3) is 0.278. The fourth-order valence-electron chi connectivity index (χ4n) is 5.92. The molecule has 2 aliphatic rings. The van der Waals surface area contributed by atoms with Gasteiger partial charge < -0.3 is 0 Å². The van der Waals surface area contributed by atoms with Gasteiger partial charge in [0.25, 0.3) is 0 Å². The van der Waals surface area contributed by atoms with Crippen molar-refractivity contribution < 1.29 is 0 Å². The van der Waals surface area contributed by atoms with Crippen molar-refractivity contribution in [3.63, 3.8) is 0 Å². The lowest BCUT2D eigenvalue weighted by Crippen LogP contribution is -2.21. The molecule has 0 spiro atoms. The summed E-state index contributed by atoms with van der Waals surface area (Å²) in [7, 11) is 0. The summed E-state index contributed by atoms with van der Waals surface area (Å²) in [6.07, 6.45) is 8.75. The Bertz CT molecular complexity index is 1320. The Morgan fingerprint density at radius 1 is 1.00 bits per heavy atom. The van der Waals surface area contributed by atoms with Crippen molar-refractivity contribution >= 4 is 11.6 Å². The zero-order valence-corrected chi connectivity index (χ0v) is 22.6. The van der Waals surface area contributed by atoms with Crippen LogP contribution in [0.3, 0.4) is 0 Å². The topological polar surface area (TPSA) is 0 Å². The van der Waals surface area contributed by atoms with Gasteiger partial charge in [0.2, 0.25) is 0 Å². The van der Waals surface area contributed by atoms with E-state index in [1.54, 1.807) is 0 Å². The summed E-state index contributed by atoms with van der Waals surface area (Å²) in [5.41, 5.74) is 15.4. The first-order valence-corrected chi connectivity index (χ1v) is 13.2. The quantitative estimate of drug-likeness (QED) is 0.335. The van der Waals surface area contributed by atoms with Crippen LogP contribution in [0.1, 0.15) is 75.1 Å². The molecule has 0 heterocycles. The molecule has 2 aromatic rings. The van der Waals surface area contributed by atoms with Crippen molar-refractivity contribution in [3.05, 3.63) is 142 Å². The predicted octanol–water partition coefficient (Wildman–Crippen LogP) is 10.2. The number of hydrogen-bond donors (Lipinski definition) is 0. The van der Waals surface area contributed by atoms with Crippen molar-refractivity contribution in [3.8, 4) is 0 Å². The van der Waals surface area contributed by atoms with E-state index >= 15 is 0 Å². The van der Waals surface area contributed by atoms with Gasteiger partial charge in [-0.3, -0.25) is 0 Å². The zero-order chi connectivity index (χ0) is 26.0. The number of rotatable bonds is 8. The SMILES string of the molecule is C=C(C)Cc1ccc(C2C(C(=C)CCC)=C(C)C=C3CC(=Cc4cccc(C(=C)C)c4)C(=C)C32)cc1. The summed E-state index contributed by atoms with van der Waals surface area (Å²) in [4.78, 5) is 0. The van der Waals surface area contributed by atoms with Crippen molar-refractivity contribution in [2.24, 2.45) is 5.92 Å². The lowest BCUT2D eigenvalue weighted by atomic mass is 9.69. The van der Waals surface area contributed by atoms with E-state index in [2.05, 4.69) is 115 Å². The first-order valence-electron chi connectivity index (χ1n) is 13.2. The molecule has 0 aliphatic heterocycles. The maximum absolute atomic E-state index is 4.68. The number of hydrogen-bond acceptors (Lipinski definition) is 0. The second-order valence-electron chi connectivity index (χ2n) is 10.8. The third kappa shape index (κ3) is 5.24. The van der Waals surface area contributed by atoms with Gasteiger partial charge in [-0.2, -0.15) is 0 Å². The summed E-state index contributed by atoms with van der Waals surface area (Å²) in [5, 5.41) is 0. The van der Waals surface area contributed by atoms with Crippen molar-refractivity contribution in [1.29, 1.82) is 0 Å². The van der Waals surface area contributed by atoms with Crippen LogP contribution in [0.2, 0.25) is 0 Å². The van der Waals surface area contributed by atoms with Crippen LogP contribution in [-0.2, 0) is 6.42 Å². The Morgan fingerprint density at radius 2 is 1.72 bits per heavy atom. The van der Waals surface area contributed by atoms with Crippen LogP contribution in [0.15, 0.2) is 120 Å². The molecule has 0 radical (unpaired) electrons. The molecule has 2 atom stereocenters. The zero-order valence-electron chi connectivity index (χ0n) is 22.6. The number of fused-ring (bicyclic) bond motifs is 1. The minimum Gasteiger partial charge on any atom is -0.0998 e. The molecule has 1 fully saturated rings. The highest BCUT2D eigenvalue weighted by molar-refractivity contribution is 5.70. The van der Waals surface area contributed by atoms with E-state index in [0.717, 1.165) is 31.3 Å². The summed E-state index contributed by atoms with van der Waals surface area (Å²) < 4.78 is 0. The van der Waals surface area contributed by atoms with Crippen LogP contribution in [0.25, 0.3) is 11.6 Å². The molecule has 0 bridgehead atoms. The third-order valence-electron chi connectivity index (χ3n) is 7.55. The van der Waals surface area contributed by atoms with Gasteiger partial charge in [-0.05, 0) is 90.6 Å². The largest absolute Gasteiger partial charge is 0.0998 e. The average molecular weight is 473 g/mol. The van der Waals surface area contributed by atoms with Gasteiger partial charge >= 0.3 is 0 Å². The van der Waals surface area contributed by atoms with E-state index in [-0.39, 0.29) is 11.8 Å². The minimum absolute atomic E-state index is 0.253. The number of allylic oxidation sites excluding steroid dienone is 9. The number of benzene rings is 2. The first kappa shape index (κ1) is 25.7. The fourth-order valence-corrected chi connectivity index (χ4v) is 5.92. The van der Waals surface area contributed by atoms with Crippen molar-refractivity contribution in [1.82, 2.24) is 0 Å². The van der Waals surface area contributed by atoms with E-state index in [9.17, 15) is 0 Å². The molecule has 0 nitrogen and oxygen atoms in total. The van der Waals surface area contributed by atoms with Crippen LogP contribution in [0.4, 0.5) is 0 Å². The van der Waals surface area contributed by atoms with Gasteiger partial charge in [0.15, 0.2) is 0 Å². The summed E-state index contributed by atoms with van der Waals surface area (Å²) in [5.74, 6) is 0.531. The van der Waals surface area contributed by atoms with Gasteiger partial charge in [-0.1, -0.05) is 117 Å². The molecule has 184 valence electrons. The lowest BCUT2D eigenvalue weighted by molar-refractivity contribution is 0.619. The maximum atomic E-state index is 4.68. The molecular weight excluding hydrogens is 432 g/mol. The molecule has 2 aromatic carbocycles. The molecule has 2 unspecified atom stereocenters. The molecule has 4 rings (SSSR count). The highest BCUT2D eigenvalue weighted by Gasteiger charge is 2.40. The normalized spacial score (nSPS) is 20.4. The van der Waals surface area contributed by atoms with Crippen molar-refractivity contribution in [2.45, 2.75) is 59.3 Å². The molecule has 36 heavy (non-hydrogen) atoms. The van der Waals surface area contributed by atoms with Gasteiger partial charge in [0, 0.05) is 11.8 Å². The Labute approximate surface area is 218 Å². The molecule has 0 heteroatoms. The smallest absolute Gasteiger partial charge is 0.0201 e. The lowest BCUT2D eigenvalue weighted by Gasteiger charge is -2.34. The van der Waals surface area contributed by atoms with Gasteiger partial charge in [0.1, 0.15) is 0 Å². The monoisotopic (exact) mass is 472 g/mol. The standard InChI is InChI=1S/C36H40/c1-9-11-25(6)34-26(7)19-33-22-32(21-29-12-10-13-31(20-29)24(4)5)27(8)35(33)36(34)30-16-14-28(15-17-30)18-23(2)3/h10,12-17,19-21,35-36H,2,4,6,8-9,11,18,22H2,1,3,5,7H3. The second kappa shape index (κ2) is 10.7. The maximum Gasteiger partial charge on any atom is 0.0201 e. The molecule has 0 N–H and O–H groups in total. The highest BCUT2D eigenvalue weighted by atomic mass is 14.4. The highest BCUT2D eigenvalue weighted by Crippen LogP contribution is 2.55. The Morgan fingerprint density at radius 3 is 2.36 bits per heavy atom. The van der Waals surface area contributed by atoms with E-state index in [1.165, 1.54) is 61.3 Å². The summed E-state index contributed by atoms with van der Waals surface area (Å²) in [6, 6.07) is 17.8. The van der Waals surface area contributed by atoms with E-state index < -0.39 is 0 Å². The molecule has 0 aromatic heterocycles. The van der Waals surface area contributed by atoms with Crippen molar-refractivity contribution in [2.75, 3.05) is 0 Å². The second-order valence-corrected chi connectivity index (χ2v) is 10.8. The van der Waals surface area contributed by atoms with Gasteiger partial charge in [-0.15, -0.1) is 0 Å². The van der Waals surface area contributed by atoms with Crippen LogP contribution in [0, 0.1) is 5.92 Å². The van der Waals surface area contributed by atoms with Gasteiger partial charge in [-0.25, -0.2) is 0 Å². The van der Waals surface area contributed by atoms with Crippen LogP contribution in [0.5, 0.6) is 0 Å². The van der Waals surface area contributed by atoms with Crippen LogP contribution < -0.4 is 0 Å². The summed E-state index contributed by atoms with van der Waals surface area (Å²) >= 11 is 0. The molecule has 1 saturated carbocycles. The molecule has 0 saturated heterocycles. The van der Waals surface area contributed by atoms with E-state index in [1.807, 2.05) is 0 Å². The first-order chi connectivity index (χ1) is 17.2. The Hall–Kier alpha value is -3.38. The van der Waals surface area contributed by atoms with Crippen LogP contribution in [-0.4, -0.2) is 0 Å². The Balaban J connectivity index is 1.76. The molecule has 0 amide bonds. The average Bonchev–Trinajstić information content (AvgIpc) is 3.13. The van der Waals surface area contributed by atoms with E-state index in [4.69, 9.17) is 0 Å². The third-order valence-corrected chi connectivity index (χ3v) is 7.55. The van der Waals surface area contributed by atoms with Crippen LogP contribution >= 0.6 is 0 Å².